The summed E-state index contributed by atoms with van der Waals surface area (Å²) in [5, 5.41) is 0.670. The van der Waals surface area contributed by atoms with Crippen molar-refractivity contribution >= 4 is 35.2 Å². The molecule has 4 rings (SSSR count). The van der Waals surface area contributed by atoms with Crippen molar-refractivity contribution in [2.24, 2.45) is 23.2 Å². The first-order valence-electron chi connectivity index (χ1n) is 8.62. The largest absolute Gasteiger partial charge is 0.397 e. The monoisotopic (exact) mass is 381 g/mol. The molecule has 3 aliphatic rings. The van der Waals surface area contributed by atoms with Gasteiger partial charge in [-0.3, -0.25) is 0 Å². The minimum atomic E-state index is -1.62. The summed E-state index contributed by atoms with van der Waals surface area (Å²) in [5.41, 5.74) is 1.20. The highest BCUT2D eigenvalue weighted by molar-refractivity contribution is 7.78. The number of benzene rings is 1. The predicted octanol–water partition coefficient (Wildman–Crippen LogP) is 4.14. The maximum absolute atomic E-state index is 12.2. The first kappa shape index (κ1) is 18.6. The summed E-state index contributed by atoms with van der Waals surface area (Å²) in [6, 6.07) is 7.35. The first-order chi connectivity index (χ1) is 11.9. The van der Waals surface area contributed by atoms with E-state index in [-0.39, 0.29) is 17.4 Å². The van der Waals surface area contributed by atoms with Crippen LogP contribution < -0.4 is 4.72 Å². The Morgan fingerprint density at radius 1 is 1.32 bits per heavy atom. The van der Waals surface area contributed by atoms with E-state index in [4.69, 9.17) is 15.8 Å². The third-order valence-electron chi connectivity index (χ3n) is 6.01. The van der Waals surface area contributed by atoms with Crippen molar-refractivity contribution in [1.82, 2.24) is 4.72 Å². The fourth-order valence-electron chi connectivity index (χ4n) is 4.40. The van der Waals surface area contributed by atoms with E-state index in [9.17, 15) is 9.00 Å². The van der Waals surface area contributed by atoms with Gasteiger partial charge in [-0.25, -0.2) is 4.72 Å². The molecule has 0 saturated heterocycles. The second-order valence-corrected chi connectivity index (χ2v) is 8.91. The van der Waals surface area contributed by atoms with Crippen LogP contribution in [0.4, 0.5) is 0 Å². The zero-order valence-corrected chi connectivity index (χ0v) is 16.1. The van der Waals surface area contributed by atoms with Crippen LogP contribution in [-0.2, 0) is 20.2 Å². The van der Waals surface area contributed by atoms with Gasteiger partial charge < -0.3 is 8.98 Å². The second kappa shape index (κ2) is 7.60. The predicted molar refractivity (Wildman–Crippen MR) is 101 cm³/mol. The van der Waals surface area contributed by atoms with Crippen LogP contribution >= 0.6 is 11.6 Å². The third-order valence-corrected chi connectivity index (χ3v) is 7.04. The molecule has 0 radical (unpaired) electrons. The standard InChI is InChI=1S/C19H24ClNO3S/c1-19(2)14-11-17(19)16(7-9-22)18(12-14)21-25(23)24-10-8-13-3-5-15(20)6-4-13/h3-6,8-10,14,16-18,21H,7,11-12H2,1-2H3/b10-8+/t14-,16+,17+,18?,25?/m1/s1. The molecule has 0 aliphatic heterocycles. The van der Waals surface area contributed by atoms with Crippen LogP contribution in [0.15, 0.2) is 30.5 Å². The van der Waals surface area contributed by atoms with E-state index >= 15 is 0 Å². The number of hydrogen-bond acceptors (Lipinski definition) is 3. The van der Waals surface area contributed by atoms with E-state index in [0.29, 0.717) is 23.3 Å². The molecule has 25 heavy (non-hydrogen) atoms. The molecule has 2 unspecified atom stereocenters. The molecule has 4 nitrogen and oxygen atoms in total. The van der Waals surface area contributed by atoms with Crippen LogP contribution in [0.2, 0.25) is 5.02 Å². The van der Waals surface area contributed by atoms with E-state index in [1.807, 2.05) is 12.1 Å². The Bertz CT molecular complexity index is 674. The number of carbonyl (C=O) groups excluding carboxylic acids is 1. The van der Waals surface area contributed by atoms with Gasteiger partial charge in [0.15, 0.2) is 0 Å². The van der Waals surface area contributed by atoms with E-state index in [0.717, 1.165) is 18.3 Å². The maximum atomic E-state index is 12.2. The number of aldehydes is 1. The van der Waals surface area contributed by atoms with Crippen LogP contribution in [0.25, 0.3) is 6.08 Å². The second-order valence-electron chi connectivity index (χ2n) is 7.57. The summed E-state index contributed by atoms with van der Waals surface area (Å²) >= 11 is 4.22. The minimum Gasteiger partial charge on any atom is -0.397 e. The number of fused-ring (bicyclic) bond motifs is 2. The molecule has 136 valence electrons. The summed E-state index contributed by atoms with van der Waals surface area (Å²) in [6.07, 6.45) is 6.77. The molecule has 1 aromatic carbocycles. The zero-order valence-electron chi connectivity index (χ0n) is 14.5. The number of rotatable bonds is 7. The summed E-state index contributed by atoms with van der Waals surface area (Å²) < 4.78 is 20.5. The first-order valence-corrected chi connectivity index (χ1v) is 10.1. The van der Waals surface area contributed by atoms with Crippen LogP contribution in [-0.4, -0.2) is 16.5 Å². The van der Waals surface area contributed by atoms with E-state index < -0.39 is 11.3 Å². The quantitative estimate of drug-likeness (QED) is 0.570. The van der Waals surface area contributed by atoms with Gasteiger partial charge in [0.1, 0.15) is 12.5 Å². The fraction of sp³-hybridized carbons (Fsp3) is 0.526. The van der Waals surface area contributed by atoms with Gasteiger partial charge in [-0.15, -0.1) is 0 Å². The SMILES string of the molecule is CC1(C)[C@H]2CC(NS(=O)O/C=C/c3ccc(Cl)cc3)[C@@H](CC=O)[C@@H]1C2. The number of carbonyl (C=O) groups is 1. The molecule has 6 heteroatoms. The summed E-state index contributed by atoms with van der Waals surface area (Å²) in [5.74, 6) is 1.36. The Balaban J connectivity index is 1.55. The van der Waals surface area contributed by atoms with Crippen LogP contribution in [0.3, 0.4) is 0 Å². The maximum Gasteiger partial charge on any atom is 0.287 e. The molecule has 0 heterocycles. The lowest BCUT2D eigenvalue weighted by Gasteiger charge is -2.62. The van der Waals surface area contributed by atoms with Crippen LogP contribution in [0, 0.1) is 23.2 Å². The van der Waals surface area contributed by atoms with Gasteiger partial charge in [-0.1, -0.05) is 37.6 Å². The molecule has 2 bridgehead atoms. The molecule has 1 N–H and O–H groups in total. The third kappa shape index (κ3) is 3.99. The Labute approximate surface area is 156 Å². The lowest BCUT2D eigenvalue weighted by Crippen LogP contribution is -2.61. The van der Waals surface area contributed by atoms with Gasteiger partial charge in [0.25, 0.3) is 11.3 Å². The van der Waals surface area contributed by atoms with Crippen molar-refractivity contribution in [2.45, 2.75) is 39.2 Å². The molecule has 0 aromatic heterocycles. The van der Waals surface area contributed by atoms with Gasteiger partial charge in [0, 0.05) is 17.5 Å². The smallest absolute Gasteiger partial charge is 0.287 e. The fourth-order valence-corrected chi connectivity index (χ4v) is 5.26. The van der Waals surface area contributed by atoms with E-state index in [1.165, 1.54) is 12.7 Å². The summed E-state index contributed by atoms with van der Waals surface area (Å²) in [7, 11) is 0. The number of halogens is 1. The molecule has 3 saturated carbocycles. The van der Waals surface area contributed by atoms with Gasteiger partial charge in [0.05, 0.1) is 0 Å². The van der Waals surface area contributed by atoms with Crippen molar-refractivity contribution in [1.29, 1.82) is 0 Å². The van der Waals surface area contributed by atoms with E-state index in [1.54, 1.807) is 18.2 Å². The molecule has 3 aliphatic carbocycles. The van der Waals surface area contributed by atoms with Crippen molar-refractivity contribution in [2.75, 3.05) is 0 Å². The van der Waals surface area contributed by atoms with E-state index in [2.05, 4.69) is 18.6 Å². The van der Waals surface area contributed by atoms with Crippen LogP contribution in [0.1, 0.15) is 38.7 Å². The molecule has 1 aromatic rings. The average molecular weight is 382 g/mol. The van der Waals surface area contributed by atoms with Gasteiger partial charge in [0.2, 0.25) is 0 Å². The highest BCUT2D eigenvalue weighted by Gasteiger charge is 2.57. The van der Waals surface area contributed by atoms with Crippen molar-refractivity contribution < 1.29 is 13.2 Å². The number of nitrogens with one attached hydrogen (secondary N) is 1. The lowest BCUT2D eigenvalue weighted by molar-refractivity contribution is -0.128. The summed E-state index contributed by atoms with van der Waals surface area (Å²) in [4.78, 5) is 11.1. The Hall–Kier alpha value is -1.17. The highest BCUT2D eigenvalue weighted by atomic mass is 35.5. The molecular weight excluding hydrogens is 358 g/mol. The molecular formula is C19H24ClNO3S. The highest BCUT2D eigenvalue weighted by Crippen LogP contribution is 2.61. The van der Waals surface area contributed by atoms with Gasteiger partial charge >= 0.3 is 0 Å². The van der Waals surface area contributed by atoms with Crippen molar-refractivity contribution in [3.05, 3.63) is 41.1 Å². The topological polar surface area (TPSA) is 55.4 Å². The van der Waals surface area contributed by atoms with Crippen molar-refractivity contribution in [3.8, 4) is 0 Å². The lowest BCUT2D eigenvalue weighted by atomic mass is 9.44. The zero-order chi connectivity index (χ0) is 18.0. The minimum absolute atomic E-state index is 0.0618. The van der Waals surface area contributed by atoms with Gasteiger partial charge in [-0.2, -0.15) is 4.21 Å². The Kier molecular flexibility index (Phi) is 5.66. The molecule has 5 atom stereocenters. The number of hydrogen-bond donors (Lipinski definition) is 1. The Morgan fingerprint density at radius 3 is 2.68 bits per heavy atom. The summed E-state index contributed by atoms with van der Waals surface area (Å²) in [6.45, 7) is 4.56. The van der Waals surface area contributed by atoms with Crippen molar-refractivity contribution in [3.63, 3.8) is 0 Å². The van der Waals surface area contributed by atoms with Gasteiger partial charge in [-0.05, 0) is 59.8 Å². The average Bonchev–Trinajstić information content (AvgIpc) is 2.58. The normalized spacial score (nSPS) is 31.3. The molecule has 3 fully saturated rings. The Morgan fingerprint density at radius 2 is 2.04 bits per heavy atom. The van der Waals surface area contributed by atoms with Crippen LogP contribution in [0.5, 0.6) is 0 Å². The molecule has 0 amide bonds. The molecule has 0 spiro atoms.